The van der Waals surface area contributed by atoms with Gasteiger partial charge in [-0.05, 0) is 24.1 Å². The third-order valence-electron chi connectivity index (χ3n) is 3.52. The second-order valence-corrected chi connectivity index (χ2v) is 6.46. The van der Waals surface area contributed by atoms with E-state index in [2.05, 4.69) is 4.98 Å². The van der Waals surface area contributed by atoms with Gasteiger partial charge in [-0.3, -0.25) is 9.59 Å². The van der Waals surface area contributed by atoms with Crippen LogP contribution in [0.4, 0.5) is 5.69 Å². The van der Waals surface area contributed by atoms with Crippen molar-refractivity contribution < 1.29 is 14.0 Å². The number of anilines is 1. The third-order valence-corrected chi connectivity index (χ3v) is 4.56. The summed E-state index contributed by atoms with van der Waals surface area (Å²) >= 11 is 1.29. The summed E-state index contributed by atoms with van der Waals surface area (Å²) in [6.07, 6.45) is 0.496. The lowest BCUT2D eigenvalue weighted by molar-refractivity contribution is -0.117. The maximum atomic E-state index is 12.2. The quantitative estimate of drug-likeness (QED) is 0.872. The van der Waals surface area contributed by atoms with Gasteiger partial charge in [0.25, 0.3) is 0 Å². The molecule has 1 atom stereocenters. The van der Waals surface area contributed by atoms with E-state index in [0.29, 0.717) is 24.6 Å². The minimum Gasteiger partial charge on any atom is -0.441 e. The van der Waals surface area contributed by atoms with Crippen molar-refractivity contribution in [2.24, 2.45) is 5.92 Å². The van der Waals surface area contributed by atoms with Crippen molar-refractivity contribution >= 4 is 39.6 Å². The molecule has 2 heterocycles. The first kappa shape index (κ1) is 14.1. The van der Waals surface area contributed by atoms with Crippen LogP contribution in [-0.4, -0.2) is 28.3 Å². The number of thioether (sulfide) groups is 1. The van der Waals surface area contributed by atoms with Gasteiger partial charge in [-0.2, -0.15) is 0 Å². The zero-order valence-corrected chi connectivity index (χ0v) is 12.8. The molecule has 1 saturated heterocycles. The summed E-state index contributed by atoms with van der Waals surface area (Å²) < 4.78 is 5.44. The first-order valence-electron chi connectivity index (χ1n) is 6.84. The zero-order valence-electron chi connectivity index (χ0n) is 12.0. The van der Waals surface area contributed by atoms with Crippen molar-refractivity contribution in [3.05, 3.63) is 24.1 Å². The molecule has 1 unspecified atom stereocenters. The number of carbonyl (C=O) groups excluding carboxylic acids is 2. The molecule has 1 aromatic heterocycles. The van der Waals surface area contributed by atoms with E-state index < -0.39 is 0 Å². The van der Waals surface area contributed by atoms with Crippen LogP contribution < -0.4 is 4.90 Å². The van der Waals surface area contributed by atoms with Crippen molar-refractivity contribution in [1.29, 1.82) is 0 Å². The number of oxazole rings is 1. The highest BCUT2D eigenvalue weighted by atomic mass is 32.2. The number of aromatic nitrogens is 1. The molecule has 6 heteroatoms. The van der Waals surface area contributed by atoms with Gasteiger partial charge in [0.2, 0.25) is 5.91 Å². The summed E-state index contributed by atoms with van der Waals surface area (Å²) in [7, 11) is 0. The molecule has 1 amide bonds. The molecular formula is C15H16N2O3S. The average Bonchev–Trinajstić information content (AvgIpc) is 2.97. The molecule has 0 N–H and O–H groups in total. The highest BCUT2D eigenvalue weighted by molar-refractivity contribution is 8.13. The number of rotatable bonds is 3. The lowest BCUT2D eigenvalue weighted by atomic mass is 10.1. The second-order valence-electron chi connectivity index (χ2n) is 5.26. The van der Waals surface area contributed by atoms with Gasteiger partial charge < -0.3 is 9.32 Å². The van der Waals surface area contributed by atoms with Gasteiger partial charge >= 0.3 is 0 Å². The van der Waals surface area contributed by atoms with E-state index >= 15 is 0 Å². The molecule has 1 aromatic carbocycles. The molecular weight excluding hydrogens is 288 g/mol. The van der Waals surface area contributed by atoms with E-state index in [0.717, 1.165) is 16.8 Å². The van der Waals surface area contributed by atoms with Crippen LogP contribution >= 0.6 is 11.8 Å². The Morgan fingerprint density at radius 2 is 2.33 bits per heavy atom. The Labute approximate surface area is 126 Å². The molecule has 0 radical (unpaired) electrons. The smallest absolute Gasteiger partial charge is 0.227 e. The van der Waals surface area contributed by atoms with Crippen LogP contribution in [0.25, 0.3) is 11.1 Å². The molecule has 0 bridgehead atoms. The Bertz CT molecular complexity index is 710. The number of benzene rings is 1. The van der Waals surface area contributed by atoms with E-state index in [9.17, 15) is 9.59 Å². The minimum atomic E-state index is 0.0976. The second kappa shape index (κ2) is 5.52. The summed E-state index contributed by atoms with van der Waals surface area (Å²) in [5.41, 5.74) is 2.34. The van der Waals surface area contributed by atoms with Crippen LogP contribution in [0.5, 0.6) is 0 Å². The minimum absolute atomic E-state index is 0.0976. The van der Waals surface area contributed by atoms with E-state index in [1.165, 1.54) is 11.8 Å². The molecule has 5 nitrogen and oxygen atoms in total. The van der Waals surface area contributed by atoms with Crippen molar-refractivity contribution in [3.8, 4) is 0 Å². The summed E-state index contributed by atoms with van der Waals surface area (Å²) in [5, 5.41) is 0.0976. The molecule has 0 spiro atoms. The Morgan fingerprint density at radius 3 is 3.10 bits per heavy atom. The predicted molar refractivity (Wildman–Crippen MR) is 82.3 cm³/mol. The van der Waals surface area contributed by atoms with Gasteiger partial charge in [0.05, 0.1) is 0 Å². The fraction of sp³-hybridized carbons (Fsp3) is 0.400. The summed E-state index contributed by atoms with van der Waals surface area (Å²) in [6, 6.07) is 5.60. The fourth-order valence-corrected chi connectivity index (χ4v) is 3.27. The lowest BCUT2D eigenvalue weighted by Gasteiger charge is -2.16. The van der Waals surface area contributed by atoms with Crippen molar-refractivity contribution in [2.45, 2.75) is 20.3 Å². The van der Waals surface area contributed by atoms with Crippen molar-refractivity contribution in [2.75, 3.05) is 17.2 Å². The Morgan fingerprint density at radius 1 is 1.52 bits per heavy atom. The van der Waals surface area contributed by atoms with Crippen molar-refractivity contribution in [3.63, 3.8) is 0 Å². The molecule has 110 valence electrons. The van der Waals surface area contributed by atoms with Gasteiger partial charge in [-0.1, -0.05) is 11.8 Å². The molecule has 0 saturated carbocycles. The Balaban J connectivity index is 1.78. The van der Waals surface area contributed by atoms with Crippen LogP contribution in [0.3, 0.4) is 0 Å². The maximum absolute atomic E-state index is 12.2. The summed E-state index contributed by atoms with van der Waals surface area (Å²) in [5.74, 6) is 1.64. The number of aryl methyl sites for hydroxylation is 1. The number of hydrogen-bond acceptors (Lipinski definition) is 5. The highest BCUT2D eigenvalue weighted by Gasteiger charge is 2.31. The predicted octanol–water partition coefficient (Wildman–Crippen LogP) is 2.77. The topological polar surface area (TPSA) is 63.4 Å². The van der Waals surface area contributed by atoms with Gasteiger partial charge in [0, 0.05) is 38.3 Å². The van der Waals surface area contributed by atoms with E-state index in [4.69, 9.17) is 4.42 Å². The number of amides is 1. The highest BCUT2D eigenvalue weighted by Crippen LogP contribution is 2.29. The molecule has 1 aliphatic heterocycles. The first-order valence-corrected chi connectivity index (χ1v) is 7.82. The SMILES string of the molecule is CC(=O)SCC1CC(=O)N(c2ccc3oc(C)nc3c2)C1. The molecule has 3 rings (SSSR count). The normalized spacial score (nSPS) is 18.7. The third kappa shape index (κ3) is 2.95. The zero-order chi connectivity index (χ0) is 15.0. The largest absolute Gasteiger partial charge is 0.441 e. The lowest BCUT2D eigenvalue weighted by Crippen LogP contribution is -2.24. The Hall–Kier alpha value is -1.82. The Kier molecular flexibility index (Phi) is 3.71. The van der Waals surface area contributed by atoms with Gasteiger partial charge in [0.1, 0.15) is 5.52 Å². The van der Waals surface area contributed by atoms with Gasteiger partial charge in [-0.15, -0.1) is 0 Å². The van der Waals surface area contributed by atoms with Crippen LogP contribution in [0.1, 0.15) is 19.2 Å². The average molecular weight is 304 g/mol. The van der Waals surface area contributed by atoms with E-state index in [1.807, 2.05) is 18.2 Å². The fourth-order valence-electron chi connectivity index (χ4n) is 2.58. The van der Waals surface area contributed by atoms with E-state index in [-0.39, 0.29) is 16.9 Å². The van der Waals surface area contributed by atoms with Crippen molar-refractivity contribution in [1.82, 2.24) is 4.98 Å². The number of hydrogen-bond donors (Lipinski definition) is 0. The van der Waals surface area contributed by atoms with Crippen LogP contribution in [0.15, 0.2) is 22.6 Å². The molecule has 2 aromatic rings. The number of fused-ring (bicyclic) bond motifs is 1. The number of carbonyl (C=O) groups is 2. The molecule has 1 aliphatic rings. The molecule has 21 heavy (non-hydrogen) atoms. The van der Waals surface area contributed by atoms with E-state index in [1.54, 1.807) is 18.7 Å². The maximum Gasteiger partial charge on any atom is 0.227 e. The standard InChI is InChI=1S/C15H16N2O3S/c1-9-16-13-6-12(3-4-14(13)20-9)17-7-11(5-15(17)19)8-21-10(2)18/h3-4,6,11H,5,7-8H2,1-2H3. The molecule has 1 fully saturated rings. The first-order chi connectivity index (χ1) is 10.0. The van der Waals surface area contributed by atoms with Gasteiger partial charge in [-0.25, -0.2) is 4.98 Å². The monoisotopic (exact) mass is 304 g/mol. The van der Waals surface area contributed by atoms with Crippen LogP contribution in [0.2, 0.25) is 0 Å². The summed E-state index contributed by atoms with van der Waals surface area (Å²) in [4.78, 5) is 29.3. The van der Waals surface area contributed by atoms with Gasteiger partial charge in [0.15, 0.2) is 16.6 Å². The number of nitrogens with zero attached hydrogens (tertiary/aromatic N) is 2. The van der Waals surface area contributed by atoms with Crippen LogP contribution in [0, 0.1) is 12.8 Å². The van der Waals surface area contributed by atoms with Crippen LogP contribution in [-0.2, 0) is 9.59 Å². The summed E-state index contributed by atoms with van der Waals surface area (Å²) in [6.45, 7) is 4.01. The molecule has 0 aliphatic carbocycles.